The summed E-state index contributed by atoms with van der Waals surface area (Å²) in [6, 6.07) is 22.3. The van der Waals surface area contributed by atoms with E-state index >= 15 is 0 Å². The molecule has 0 saturated heterocycles. The molecule has 0 fully saturated rings. The number of amides is 1. The summed E-state index contributed by atoms with van der Waals surface area (Å²) in [5, 5.41) is 21.7. The van der Waals surface area contributed by atoms with E-state index < -0.39 is 5.91 Å². The van der Waals surface area contributed by atoms with Crippen LogP contribution in [0, 0.1) is 36.5 Å². The van der Waals surface area contributed by atoms with Crippen molar-refractivity contribution in [3.63, 3.8) is 0 Å². The molecule has 0 saturated carbocycles. The van der Waals surface area contributed by atoms with Crippen LogP contribution >= 0.6 is 0 Å². The van der Waals surface area contributed by atoms with Gasteiger partial charge in [-0.1, -0.05) is 36.4 Å². The Morgan fingerprint density at radius 2 is 1.79 bits per heavy atom. The highest BCUT2D eigenvalue weighted by atomic mass is 16.5. The molecule has 34 heavy (non-hydrogen) atoms. The molecule has 170 valence electrons. The number of benzene rings is 3. The Morgan fingerprint density at radius 1 is 1.00 bits per heavy atom. The van der Waals surface area contributed by atoms with Crippen LogP contribution in [0.3, 0.4) is 0 Å². The molecule has 6 heteroatoms. The molecule has 0 unspecified atom stereocenters. The van der Waals surface area contributed by atoms with Gasteiger partial charge in [-0.2, -0.15) is 10.5 Å². The number of nitriles is 2. The maximum atomic E-state index is 12.7. The van der Waals surface area contributed by atoms with Gasteiger partial charge < -0.3 is 14.8 Å². The van der Waals surface area contributed by atoms with Crippen molar-refractivity contribution >= 4 is 17.7 Å². The topological polar surface area (TPSA) is 95.1 Å². The number of hydrogen-bond donors (Lipinski definition) is 1. The number of ether oxygens (including phenoxy) is 2. The van der Waals surface area contributed by atoms with Crippen LogP contribution in [-0.2, 0) is 11.4 Å². The molecule has 1 amide bonds. The van der Waals surface area contributed by atoms with Crippen LogP contribution in [0.15, 0.2) is 66.2 Å². The van der Waals surface area contributed by atoms with Crippen molar-refractivity contribution in [2.45, 2.75) is 27.4 Å². The summed E-state index contributed by atoms with van der Waals surface area (Å²) in [5.74, 6) is 0.505. The standard InChI is InChI=1S/C28H25N3O3/c1-4-33-27-15-21(11-12-26(27)34-18-23-8-6-5-7-22(23)16-29)14-24(17-30)28(32)31-25-13-19(2)9-10-20(25)3/h5-15H,4,18H2,1-3H3,(H,31,32)/b24-14+. The molecule has 0 spiro atoms. The Hall–Kier alpha value is -4.55. The quantitative estimate of drug-likeness (QED) is 0.350. The first-order chi connectivity index (χ1) is 16.4. The number of nitrogens with zero attached hydrogens (tertiary/aromatic N) is 2. The van der Waals surface area contributed by atoms with Crippen molar-refractivity contribution in [2.75, 3.05) is 11.9 Å². The largest absolute Gasteiger partial charge is 0.490 e. The average molecular weight is 452 g/mol. The Morgan fingerprint density at radius 3 is 2.53 bits per heavy atom. The van der Waals surface area contributed by atoms with E-state index in [-0.39, 0.29) is 12.2 Å². The van der Waals surface area contributed by atoms with E-state index in [1.807, 2.05) is 57.2 Å². The highest BCUT2D eigenvalue weighted by molar-refractivity contribution is 6.10. The molecule has 3 aromatic carbocycles. The second-order valence-corrected chi connectivity index (χ2v) is 7.64. The van der Waals surface area contributed by atoms with Gasteiger partial charge in [-0.15, -0.1) is 0 Å². The number of anilines is 1. The average Bonchev–Trinajstić information content (AvgIpc) is 2.84. The summed E-state index contributed by atoms with van der Waals surface area (Å²) in [7, 11) is 0. The van der Waals surface area contributed by atoms with E-state index in [2.05, 4.69) is 11.4 Å². The summed E-state index contributed by atoms with van der Waals surface area (Å²) in [5.41, 5.74) is 4.51. The molecule has 0 bridgehead atoms. The molecule has 6 nitrogen and oxygen atoms in total. The third kappa shape index (κ3) is 6.03. The number of carbonyl (C=O) groups is 1. The van der Waals surface area contributed by atoms with Crippen molar-refractivity contribution in [1.29, 1.82) is 10.5 Å². The maximum Gasteiger partial charge on any atom is 0.266 e. The van der Waals surface area contributed by atoms with E-state index in [1.165, 1.54) is 6.08 Å². The Balaban J connectivity index is 1.82. The van der Waals surface area contributed by atoms with Gasteiger partial charge in [0.05, 0.1) is 18.2 Å². The molecule has 3 aromatic rings. The zero-order valence-corrected chi connectivity index (χ0v) is 19.4. The summed E-state index contributed by atoms with van der Waals surface area (Å²) >= 11 is 0. The van der Waals surface area contributed by atoms with Gasteiger partial charge in [0.2, 0.25) is 0 Å². The monoisotopic (exact) mass is 451 g/mol. The van der Waals surface area contributed by atoms with E-state index in [0.717, 1.165) is 16.7 Å². The molecular formula is C28H25N3O3. The van der Waals surface area contributed by atoms with Crippen LogP contribution in [-0.4, -0.2) is 12.5 Å². The van der Waals surface area contributed by atoms with E-state index in [1.54, 1.807) is 30.3 Å². The van der Waals surface area contributed by atoms with Gasteiger partial charge in [-0.05, 0) is 67.8 Å². The molecule has 0 atom stereocenters. The zero-order valence-electron chi connectivity index (χ0n) is 19.4. The Bertz CT molecular complexity index is 1310. The fourth-order valence-corrected chi connectivity index (χ4v) is 3.29. The molecule has 0 heterocycles. The summed E-state index contributed by atoms with van der Waals surface area (Å²) < 4.78 is 11.6. The number of nitrogens with one attached hydrogen (secondary N) is 1. The van der Waals surface area contributed by atoms with Gasteiger partial charge >= 0.3 is 0 Å². The number of rotatable bonds is 8. The van der Waals surface area contributed by atoms with Crippen molar-refractivity contribution in [3.8, 4) is 23.6 Å². The van der Waals surface area contributed by atoms with Crippen molar-refractivity contribution in [1.82, 2.24) is 0 Å². The molecule has 0 radical (unpaired) electrons. The summed E-state index contributed by atoms with van der Waals surface area (Å²) in [6.07, 6.45) is 1.51. The van der Waals surface area contributed by atoms with Crippen LogP contribution in [0.2, 0.25) is 0 Å². The second kappa shape index (κ2) is 11.4. The zero-order chi connectivity index (χ0) is 24.5. The third-order valence-electron chi connectivity index (χ3n) is 5.11. The minimum absolute atomic E-state index is 0.0278. The van der Waals surface area contributed by atoms with Gasteiger partial charge in [0.25, 0.3) is 5.91 Å². The van der Waals surface area contributed by atoms with Gasteiger partial charge in [0.15, 0.2) is 11.5 Å². The predicted octanol–water partition coefficient (Wildman–Crippen LogP) is 5.70. The Kier molecular flexibility index (Phi) is 8.05. The fourth-order valence-electron chi connectivity index (χ4n) is 3.29. The van der Waals surface area contributed by atoms with E-state index in [9.17, 15) is 15.3 Å². The van der Waals surface area contributed by atoms with Crippen LogP contribution in [0.1, 0.15) is 34.7 Å². The SMILES string of the molecule is CCOc1cc(/C=C(\C#N)C(=O)Nc2cc(C)ccc2C)ccc1OCc1ccccc1C#N. The lowest BCUT2D eigenvalue weighted by atomic mass is 10.1. The predicted molar refractivity (Wildman–Crippen MR) is 131 cm³/mol. The molecule has 1 N–H and O–H groups in total. The normalized spacial score (nSPS) is 10.7. The first-order valence-corrected chi connectivity index (χ1v) is 10.8. The summed E-state index contributed by atoms with van der Waals surface area (Å²) in [4.78, 5) is 12.7. The number of aryl methyl sites for hydroxylation is 2. The molecular weight excluding hydrogens is 426 g/mol. The highest BCUT2D eigenvalue weighted by Crippen LogP contribution is 2.30. The number of carbonyl (C=O) groups excluding carboxylic acids is 1. The lowest BCUT2D eigenvalue weighted by Crippen LogP contribution is -2.14. The molecule has 3 rings (SSSR count). The fraction of sp³-hybridized carbons (Fsp3) is 0.179. The molecule has 0 aromatic heterocycles. The third-order valence-corrected chi connectivity index (χ3v) is 5.11. The molecule has 0 aliphatic rings. The minimum Gasteiger partial charge on any atom is -0.490 e. The van der Waals surface area contributed by atoms with Gasteiger partial charge in [-0.25, -0.2) is 0 Å². The Labute approximate surface area is 199 Å². The minimum atomic E-state index is -0.484. The first kappa shape index (κ1) is 24.1. The smallest absolute Gasteiger partial charge is 0.266 e. The molecule has 0 aliphatic carbocycles. The van der Waals surface area contributed by atoms with Gasteiger partial charge in [0, 0.05) is 11.3 Å². The van der Waals surface area contributed by atoms with Crippen LogP contribution in [0.25, 0.3) is 6.08 Å². The first-order valence-electron chi connectivity index (χ1n) is 10.8. The maximum absolute atomic E-state index is 12.7. The summed E-state index contributed by atoms with van der Waals surface area (Å²) in [6.45, 7) is 6.31. The number of hydrogen-bond acceptors (Lipinski definition) is 5. The van der Waals surface area contributed by atoms with E-state index in [4.69, 9.17) is 9.47 Å². The lowest BCUT2D eigenvalue weighted by Gasteiger charge is -2.13. The van der Waals surface area contributed by atoms with Crippen molar-refractivity contribution in [2.24, 2.45) is 0 Å². The van der Waals surface area contributed by atoms with Crippen LogP contribution < -0.4 is 14.8 Å². The van der Waals surface area contributed by atoms with E-state index in [0.29, 0.717) is 34.9 Å². The second-order valence-electron chi connectivity index (χ2n) is 7.64. The molecule has 0 aliphatic heterocycles. The van der Waals surface area contributed by atoms with Crippen molar-refractivity contribution < 1.29 is 14.3 Å². The van der Waals surface area contributed by atoms with Crippen molar-refractivity contribution in [3.05, 3.63) is 94.1 Å². The van der Waals surface area contributed by atoms with Gasteiger partial charge in [0.1, 0.15) is 18.2 Å². The van der Waals surface area contributed by atoms with Gasteiger partial charge in [-0.3, -0.25) is 4.79 Å². The lowest BCUT2D eigenvalue weighted by molar-refractivity contribution is -0.112. The highest BCUT2D eigenvalue weighted by Gasteiger charge is 2.13. The van der Waals surface area contributed by atoms with Crippen LogP contribution in [0.5, 0.6) is 11.5 Å². The van der Waals surface area contributed by atoms with Crippen LogP contribution in [0.4, 0.5) is 5.69 Å².